The van der Waals surface area contributed by atoms with Crippen molar-refractivity contribution in [3.8, 4) is 5.75 Å². The first-order valence-electron chi connectivity index (χ1n) is 5.70. The van der Waals surface area contributed by atoms with E-state index in [2.05, 4.69) is 15.9 Å². The van der Waals surface area contributed by atoms with Gasteiger partial charge in [0.25, 0.3) is 0 Å². The first-order chi connectivity index (χ1) is 8.65. The molecule has 2 heterocycles. The normalized spacial score (nSPS) is 17.3. The second-order valence-corrected chi connectivity index (χ2v) is 6.41. The van der Waals surface area contributed by atoms with Crippen molar-refractivity contribution in [3.05, 3.63) is 50.1 Å². The second-order valence-electron chi connectivity index (χ2n) is 4.30. The molecule has 0 amide bonds. The number of hydrogen-bond acceptors (Lipinski definition) is 3. The van der Waals surface area contributed by atoms with E-state index in [0.717, 1.165) is 25.5 Å². The van der Waals surface area contributed by atoms with Gasteiger partial charge >= 0.3 is 0 Å². The summed E-state index contributed by atoms with van der Waals surface area (Å²) in [5.74, 6) is 0.910. The summed E-state index contributed by atoms with van der Waals surface area (Å²) < 4.78 is 6.71. The highest BCUT2D eigenvalue weighted by Gasteiger charge is 2.30. The molecule has 2 nitrogen and oxygen atoms in total. The average molecular weight is 323 g/mol. The fourth-order valence-electron chi connectivity index (χ4n) is 2.07. The first-order valence-corrected chi connectivity index (χ1v) is 7.31. The summed E-state index contributed by atoms with van der Waals surface area (Å²) in [5.41, 5.74) is 1.11. The Hall–Kier alpha value is -1.13. The Balaban J connectivity index is 1.84. The van der Waals surface area contributed by atoms with E-state index in [1.165, 1.54) is 11.3 Å². The number of thiophene rings is 1. The molecule has 0 saturated carbocycles. The Kier molecular flexibility index (Phi) is 2.99. The van der Waals surface area contributed by atoms with E-state index in [0.29, 0.717) is 6.42 Å². The first kappa shape index (κ1) is 11.9. The van der Waals surface area contributed by atoms with Crippen molar-refractivity contribution in [2.45, 2.75) is 19.4 Å². The van der Waals surface area contributed by atoms with Crippen LogP contribution in [0, 0.1) is 6.92 Å². The Morgan fingerprint density at radius 2 is 2.22 bits per heavy atom. The maximum Gasteiger partial charge on any atom is 0.213 e. The largest absolute Gasteiger partial charge is 0.482 e. The van der Waals surface area contributed by atoms with Gasteiger partial charge in [-0.05, 0) is 40.5 Å². The van der Waals surface area contributed by atoms with Crippen molar-refractivity contribution in [3.63, 3.8) is 0 Å². The van der Waals surface area contributed by atoms with Gasteiger partial charge in [0.15, 0.2) is 6.10 Å². The monoisotopic (exact) mass is 322 g/mol. The minimum Gasteiger partial charge on any atom is -0.482 e. The number of carbonyl (C=O) groups excluding carboxylic acids is 1. The maximum absolute atomic E-state index is 12.3. The lowest BCUT2D eigenvalue weighted by molar-refractivity contribution is 0.0829. The van der Waals surface area contributed by atoms with Gasteiger partial charge < -0.3 is 4.74 Å². The number of rotatable bonds is 2. The van der Waals surface area contributed by atoms with Gasteiger partial charge in [-0.3, -0.25) is 4.79 Å². The third-order valence-corrected chi connectivity index (χ3v) is 5.19. The van der Waals surface area contributed by atoms with Crippen molar-refractivity contribution in [1.82, 2.24) is 0 Å². The summed E-state index contributed by atoms with van der Waals surface area (Å²) >= 11 is 4.95. The van der Waals surface area contributed by atoms with Crippen molar-refractivity contribution >= 4 is 33.0 Å². The van der Waals surface area contributed by atoms with E-state index in [1.54, 1.807) is 0 Å². The van der Waals surface area contributed by atoms with E-state index in [4.69, 9.17) is 4.74 Å². The second kappa shape index (κ2) is 4.52. The number of Topliss-reactive ketones (excluding diaryl/α,β-unsaturated/α-hetero) is 1. The molecule has 18 heavy (non-hydrogen) atoms. The summed E-state index contributed by atoms with van der Waals surface area (Å²) in [6, 6.07) is 9.71. The summed E-state index contributed by atoms with van der Waals surface area (Å²) in [6.45, 7) is 2.00. The summed E-state index contributed by atoms with van der Waals surface area (Å²) in [7, 11) is 0. The van der Waals surface area contributed by atoms with Gasteiger partial charge in [0, 0.05) is 15.8 Å². The molecule has 0 saturated heterocycles. The maximum atomic E-state index is 12.3. The zero-order chi connectivity index (χ0) is 12.7. The number of fused-ring (bicyclic) bond motifs is 1. The van der Waals surface area contributed by atoms with Crippen LogP contribution < -0.4 is 4.74 Å². The highest BCUT2D eigenvalue weighted by Crippen LogP contribution is 2.32. The van der Waals surface area contributed by atoms with Gasteiger partial charge in [0.1, 0.15) is 5.75 Å². The van der Waals surface area contributed by atoms with Crippen molar-refractivity contribution in [1.29, 1.82) is 0 Å². The zero-order valence-electron chi connectivity index (χ0n) is 9.77. The van der Waals surface area contributed by atoms with E-state index in [9.17, 15) is 4.79 Å². The lowest BCUT2D eigenvalue weighted by Crippen LogP contribution is -2.24. The number of ether oxygens (including phenoxy) is 1. The van der Waals surface area contributed by atoms with Crippen LogP contribution in [0.5, 0.6) is 5.75 Å². The third kappa shape index (κ3) is 1.99. The van der Waals surface area contributed by atoms with Gasteiger partial charge in [-0.15, -0.1) is 11.3 Å². The molecule has 0 spiro atoms. The van der Waals surface area contributed by atoms with E-state index in [-0.39, 0.29) is 11.9 Å². The molecule has 2 aromatic rings. The molecule has 92 valence electrons. The summed E-state index contributed by atoms with van der Waals surface area (Å²) in [5, 5.41) is 0. The van der Waals surface area contributed by atoms with Crippen LogP contribution in [0.2, 0.25) is 0 Å². The predicted octanol–water partition coefficient (Wildman–Crippen LogP) is 4.01. The molecule has 4 heteroatoms. The van der Waals surface area contributed by atoms with Crippen molar-refractivity contribution in [2.75, 3.05) is 0 Å². The lowest BCUT2D eigenvalue weighted by Gasteiger charge is -2.07. The van der Waals surface area contributed by atoms with Crippen LogP contribution in [0.15, 0.2) is 34.8 Å². The van der Waals surface area contributed by atoms with Gasteiger partial charge in [0.05, 0.1) is 4.88 Å². The van der Waals surface area contributed by atoms with E-state index >= 15 is 0 Å². The SMILES string of the molecule is Cc1sc(C(=O)C2Cc3ccccc3O2)cc1Br. The molecular weight excluding hydrogens is 312 g/mol. The van der Waals surface area contributed by atoms with Crippen LogP contribution in [0.3, 0.4) is 0 Å². The standard InChI is InChI=1S/C14H11BrO2S/c1-8-10(15)7-13(18-8)14(16)12-6-9-4-2-3-5-11(9)17-12/h2-5,7,12H,6H2,1H3. The number of aryl methyl sites for hydroxylation is 1. The molecule has 0 fully saturated rings. The Labute approximate surface area is 118 Å². The topological polar surface area (TPSA) is 26.3 Å². The van der Waals surface area contributed by atoms with Crippen molar-refractivity contribution in [2.24, 2.45) is 0 Å². The molecule has 0 aliphatic carbocycles. The molecule has 1 aliphatic heterocycles. The molecular formula is C14H11BrO2S. The molecule has 1 unspecified atom stereocenters. The molecule has 1 atom stereocenters. The average Bonchev–Trinajstić information content (AvgIpc) is 2.93. The van der Waals surface area contributed by atoms with E-state index < -0.39 is 0 Å². The van der Waals surface area contributed by atoms with Crippen LogP contribution >= 0.6 is 27.3 Å². The smallest absolute Gasteiger partial charge is 0.213 e. The van der Waals surface area contributed by atoms with Crippen LogP contribution in [0.4, 0.5) is 0 Å². The molecule has 1 aliphatic rings. The summed E-state index contributed by atoms with van der Waals surface area (Å²) in [6.07, 6.45) is 0.302. The zero-order valence-corrected chi connectivity index (χ0v) is 12.2. The minimum absolute atomic E-state index is 0.0741. The molecule has 1 aromatic carbocycles. The number of halogens is 1. The van der Waals surface area contributed by atoms with Crippen molar-refractivity contribution < 1.29 is 9.53 Å². The fraction of sp³-hybridized carbons (Fsp3) is 0.214. The molecule has 0 radical (unpaired) electrons. The fourth-order valence-corrected chi connectivity index (χ4v) is 3.59. The van der Waals surface area contributed by atoms with Gasteiger partial charge in [0.2, 0.25) is 5.78 Å². The Morgan fingerprint density at radius 3 is 2.89 bits per heavy atom. The number of ketones is 1. The highest BCUT2D eigenvalue weighted by molar-refractivity contribution is 9.10. The van der Waals surface area contributed by atoms with Gasteiger partial charge in [-0.1, -0.05) is 18.2 Å². The highest BCUT2D eigenvalue weighted by atomic mass is 79.9. The van der Waals surface area contributed by atoms with Gasteiger partial charge in [-0.2, -0.15) is 0 Å². The predicted molar refractivity (Wildman–Crippen MR) is 75.6 cm³/mol. The number of carbonyl (C=O) groups is 1. The third-order valence-electron chi connectivity index (χ3n) is 3.04. The van der Waals surface area contributed by atoms with Crippen LogP contribution in [0.1, 0.15) is 20.1 Å². The van der Waals surface area contributed by atoms with Crippen LogP contribution in [-0.2, 0) is 6.42 Å². The number of hydrogen-bond donors (Lipinski definition) is 0. The number of para-hydroxylation sites is 1. The quantitative estimate of drug-likeness (QED) is 0.781. The van der Waals surface area contributed by atoms with E-state index in [1.807, 2.05) is 37.3 Å². The molecule has 3 rings (SSSR count). The summed E-state index contributed by atoms with van der Waals surface area (Å²) in [4.78, 5) is 14.2. The Morgan fingerprint density at radius 1 is 1.44 bits per heavy atom. The lowest BCUT2D eigenvalue weighted by atomic mass is 10.1. The molecule has 0 bridgehead atoms. The number of benzene rings is 1. The minimum atomic E-state index is -0.368. The van der Waals surface area contributed by atoms with Crippen LogP contribution in [-0.4, -0.2) is 11.9 Å². The Bertz CT molecular complexity index is 574. The van der Waals surface area contributed by atoms with Crippen LogP contribution in [0.25, 0.3) is 0 Å². The molecule has 1 aromatic heterocycles. The molecule has 0 N–H and O–H groups in total. The van der Waals surface area contributed by atoms with Gasteiger partial charge in [-0.25, -0.2) is 0 Å².